The maximum absolute atomic E-state index is 10.2. The van der Waals surface area contributed by atoms with Gasteiger partial charge in [0.25, 0.3) is 0 Å². The summed E-state index contributed by atoms with van der Waals surface area (Å²) in [5.74, 6) is 0.986. The molecule has 0 aliphatic carbocycles. The Morgan fingerprint density at radius 1 is 1.15 bits per heavy atom. The van der Waals surface area contributed by atoms with Gasteiger partial charge in [-0.3, -0.25) is 4.98 Å². The predicted molar refractivity (Wildman–Crippen MR) is 104 cm³/mol. The lowest BCUT2D eigenvalue weighted by Gasteiger charge is -2.13. The number of rotatable bonds is 7. The minimum Gasteiger partial charge on any atom is -0.506 e. The number of methoxy groups -OCH3 is 1. The molecule has 0 aliphatic heterocycles. The van der Waals surface area contributed by atoms with Gasteiger partial charge in [0.05, 0.1) is 17.6 Å². The Labute approximate surface area is 153 Å². The number of ether oxygens (including phenoxy) is 1. The van der Waals surface area contributed by atoms with Crippen LogP contribution in [0.15, 0.2) is 24.3 Å². The fourth-order valence-corrected chi connectivity index (χ4v) is 3.23. The molecule has 0 saturated carbocycles. The van der Waals surface area contributed by atoms with Crippen LogP contribution in [0.1, 0.15) is 28.9 Å². The Balaban J connectivity index is 2.03. The van der Waals surface area contributed by atoms with E-state index < -0.39 is 0 Å². The van der Waals surface area contributed by atoms with Crippen molar-refractivity contribution in [2.24, 2.45) is 0 Å². The Bertz CT molecular complexity index is 918. The van der Waals surface area contributed by atoms with E-state index in [9.17, 15) is 5.11 Å². The van der Waals surface area contributed by atoms with Gasteiger partial charge >= 0.3 is 0 Å². The molecule has 0 atom stereocenters. The third-order valence-electron chi connectivity index (χ3n) is 4.38. The smallest absolute Gasteiger partial charge is 0.204 e. The second-order valence-electron chi connectivity index (χ2n) is 6.66. The van der Waals surface area contributed by atoms with E-state index in [0.29, 0.717) is 18.8 Å². The molecule has 3 rings (SSSR count). The highest BCUT2D eigenvalue weighted by molar-refractivity contribution is 5.83. The number of fused-ring (bicyclic) bond motifs is 1. The first kappa shape index (κ1) is 18.2. The van der Waals surface area contributed by atoms with Crippen molar-refractivity contribution < 1.29 is 9.84 Å². The number of hydrogen-bond donors (Lipinski definition) is 2. The minimum absolute atomic E-state index is 0.201. The van der Waals surface area contributed by atoms with E-state index >= 15 is 0 Å². The Hall–Kier alpha value is -2.60. The first-order valence-electron chi connectivity index (χ1n) is 8.85. The molecule has 0 bridgehead atoms. The Morgan fingerprint density at radius 2 is 1.96 bits per heavy atom. The van der Waals surface area contributed by atoms with Gasteiger partial charge in [-0.25, -0.2) is 4.98 Å². The quantitative estimate of drug-likeness (QED) is 0.635. The molecule has 0 fully saturated rings. The monoisotopic (exact) mass is 354 g/mol. The summed E-state index contributed by atoms with van der Waals surface area (Å²) in [5, 5.41) is 13.6. The summed E-state index contributed by atoms with van der Waals surface area (Å²) < 4.78 is 7.21. The van der Waals surface area contributed by atoms with Crippen LogP contribution >= 0.6 is 0 Å². The third-order valence-corrected chi connectivity index (χ3v) is 4.38. The molecule has 3 aromatic rings. The molecule has 0 spiro atoms. The van der Waals surface area contributed by atoms with Gasteiger partial charge in [0.2, 0.25) is 5.95 Å². The fourth-order valence-electron chi connectivity index (χ4n) is 3.23. The molecule has 2 heterocycles. The molecule has 0 unspecified atom stereocenters. The number of anilines is 1. The molecule has 26 heavy (non-hydrogen) atoms. The summed E-state index contributed by atoms with van der Waals surface area (Å²) in [5.41, 5.74) is 5.87. The van der Waals surface area contributed by atoms with Gasteiger partial charge in [0, 0.05) is 26.0 Å². The van der Waals surface area contributed by atoms with Crippen molar-refractivity contribution in [1.82, 2.24) is 14.5 Å². The molecule has 138 valence electrons. The lowest BCUT2D eigenvalue weighted by atomic mass is 10.1. The Morgan fingerprint density at radius 3 is 2.73 bits per heavy atom. The molecular formula is C20H26N4O2. The number of hydrogen-bond acceptors (Lipinski definition) is 5. The number of nitrogens with one attached hydrogen (secondary N) is 1. The van der Waals surface area contributed by atoms with Crippen LogP contribution in [0, 0.1) is 20.8 Å². The van der Waals surface area contributed by atoms with Crippen molar-refractivity contribution in [2.45, 2.75) is 33.7 Å². The fraction of sp³-hybridized carbons (Fsp3) is 0.400. The van der Waals surface area contributed by atoms with Crippen LogP contribution in [0.25, 0.3) is 11.0 Å². The number of aryl methyl sites for hydroxylation is 3. The van der Waals surface area contributed by atoms with Gasteiger partial charge in [-0.1, -0.05) is 6.07 Å². The van der Waals surface area contributed by atoms with Crippen LogP contribution in [0.2, 0.25) is 0 Å². The van der Waals surface area contributed by atoms with Gasteiger partial charge in [0.15, 0.2) is 0 Å². The highest BCUT2D eigenvalue weighted by Gasteiger charge is 2.15. The lowest BCUT2D eigenvalue weighted by Crippen LogP contribution is -2.12. The van der Waals surface area contributed by atoms with E-state index in [4.69, 9.17) is 9.72 Å². The van der Waals surface area contributed by atoms with Gasteiger partial charge in [-0.2, -0.15) is 0 Å². The van der Waals surface area contributed by atoms with Crippen LogP contribution < -0.4 is 5.32 Å². The number of benzene rings is 1. The van der Waals surface area contributed by atoms with Crippen molar-refractivity contribution in [1.29, 1.82) is 0 Å². The van der Waals surface area contributed by atoms with E-state index in [1.54, 1.807) is 13.2 Å². The van der Waals surface area contributed by atoms with E-state index in [1.807, 2.05) is 13.0 Å². The molecule has 1 aromatic carbocycles. The van der Waals surface area contributed by atoms with Crippen molar-refractivity contribution in [3.8, 4) is 5.75 Å². The number of nitrogens with zero attached hydrogens (tertiary/aromatic N) is 3. The average molecular weight is 354 g/mol. The number of aromatic nitrogens is 3. The molecule has 0 saturated heterocycles. The van der Waals surface area contributed by atoms with E-state index in [2.05, 4.69) is 40.8 Å². The van der Waals surface area contributed by atoms with Gasteiger partial charge in [-0.15, -0.1) is 0 Å². The van der Waals surface area contributed by atoms with Crippen LogP contribution in [-0.2, 0) is 11.3 Å². The van der Waals surface area contributed by atoms with Crippen molar-refractivity contribution >= 4 is 17.0 Å². The third kappa shape index (κ3) is 3.80. The predicted octanol–water partition coefficient (Wildman–Crippen LogP) is 3.56. The normalized spacial score (nSPS) is 11.2. The first-order chi connectivity index (χ1) is 12.5. The van der Waals surface area contributed by atoms with Crippen molar-refractivity contribution in [3.63, 3.8) is 0 Å². The zero-order valence-corrected chi connectivity index (χ0v) is 15.8. The van der Waals surface area contributed by atoms with Crippen LogP contribution in [0.5, 0.6) is 5.75 Å². The maximum atomic E-state index is 10.2. The lowest BCUT2D eigenvalue weighted by molar-refractivity contribution is 0.197. The molecule has 6 nitrogen and oxygen atoms in total. The van der Waals surface area contributed by atoms with Crippen LogP contribution in [0.3, 0.4) is 0 Å². The molecular weight excluding hydrogens is 328 g/mol. The zero-order chi connectivity index (χ0) is 18.7. The number of aromatic hydroxyl groups is 1. The maximum Gasteiger partial charge on any atom is 0.204 e. The van der Waals surface area contributed by atoms with E-state index in [-0.39, 0.29) is 5.75 Å². The molecule has 0 amide bonds. The standard InChI is InChI=1S/C20H26N4O2/c1-13-10-14(2)19-16(11-13)23-20(21-8-5-9-26-4)24(19)12-17-18(25)7-6-15(3)22-17/h6-7,10-11,25H,5,8-9,12H2,1-4H3,(H,21,23). The second-order valence-corrected chi connectivity index (χ2v) is 6.66. The first-order valence-corrected chi connectivity index (χ1v) is 8.85. The summed E-state index contributed by atoms with van der Waals surface area (Å²) in [6.07, 6.45) is 0.895. The molecule has 2 N–H and O–H groups in total. The zero-order valence-electron chi connectivity index (χ0n) is 15.8. The van der Waals surface area contributed by atoms with Crippen molar-refractivity contribution in [3.05, 3.63) is 46.8 Å². The summed E-state index contributed by atoms with van der Waals surface area (Å²) in [6, 6.07) is 7.74. The van der Waals surface area contributed by atoms with Crippen LogP contribution in [-0.4, -0.2) is 39.9 Å². The van der Waals surface area contributed by atoms with Gasteiger partial charge in [0.1, 0.15) is 11.4 Å². The number of pyridine rings is 1. The largest absolute Gasteiger partial charge is 0.506 e. The molecule has 0 radical (unpaired) electrons. The molecule has 6 heteroatoms. The van der Waals surface area contributed by atoms with E-state index in [0.717, 1.165) is 41.2 Å². The van der Waals surface area contributed by atoms with Crippen molar-refractivity contribution in [2.75, 3.05) is 25.6 Å². The average Bonchev–Trinajstić information content (AvgIpc) is 2.92. The SMILES string of the molecule is COCCCNc1nc2cc(C)cc(C)c2n1Cc1nc(C)ccc1O. The Kier molecular flexibility index (Phi) is 5.42. The van der Waals surface area contributed by atoms with E-state index in [1.165, 1.54) is 5.56 Å². The minimum atomic E-state index is 0.201. The molecule has 2 aromatic heterocycles. The summed E-state index contributed by atoms with van der Waals surface area (Å²) in [7, 11) is 1.70. The van der Waals surface area contributed by atoms with Gasteiger partial charge in [-0.05, 0) is 56.5 Å². The summed E-state index contributed by atoms with van der Waals surface area (Å²) in [4.78, 5) is 9.29. The topological polar surface area (TPSA) is 72.2 Å². The molecule has 0 aliphatic rings. The second kappa shape index (κ2) is 7.74. The van der Waals surface area contributed by atoms with Crippen LogP contribution in [0.4, 0.5) is 5.95 Å². The summed E-state index contributed by atoms with van der Waals surface area (Å²) >= 11 is 0. The number of imidazole rings is 1. The highest BCUT2D eigenvalue weighted by Crippen LogP contribution is 2.27. The summed E-state index contributed by atoms with van der Waals surface area (Å²) in [6.45, 7) is 8.01. The highest BCUT2D eigenvalue weighted by atomic mass is 16.5. The van der Waals surface area contributed by atoms with Gasteiger partial charge < -0.3 is 19.7 Å².